The van der Waals surface area contributed by atoms with Gasteiger partial charge >= 0.3 is 0 Å². The highest BCUT2D eigenvalue weighted by molar-refractivity contribution is 9.10. The minimum absolute atomic E-state index is 0.0957. The van der Waals surface area contributed by atoms with Crippen LogP contribution in [0.2, 0.25) is 0 Å². The molecule has 0 unspecified atom stereocenters. The fourth-order valence-corrected chi connectivity index (χ4v) is 3.01. The number of aromatic nitrogens is 2. The molecule has 2 rings (SSSR count). The molecule has 6 heteroatoms. The van der Waals surface area contributed by atoms with E-state index in [2.05, 4.69) is 31.7 Å². The van der Waals surface area contributed by atoms with Gasteiger partial charge in [-0.2, -0.15) is 5.10 Å². The molecule has 2 heterocycles. The zero-order valence-corrected chi connectivity index (χ0v) is 11.9. The summed E-state index contributed by atoms with van der Waals surface area (Å²) in [4.78, 5) is 1.25. The molecule has 0 aliphatic heterocycles. The first-order valence-corrected chi connectivity index (χ1v) is 6.99. The molecule has 0 aromatic carbocycles. The standard InChI is InChI=1S/C11H14BrN3OS/c1-8-6-11(15(14-8)3-4-16)13-7-10-9(12)2-5-17-10/h2,5-6,13,16H,3-4,7H2,1H3. The second-order valence-corrected chi connectivity index (χ2v) is 5.52. The Hall–Kier alpha value is -0.850. The Morgan fingerprint density at radius 3 is 3.06 bits per heavy atom. The van der Waals surface area contributed by atoms with E-state index in [1.54, 1.807) is 16.0 Å². The maximum absolute atomic E-state index is 8.96. The number of nitrogens with zero attached hydrogens (tertiary/aromatic N) is 2. The van der Waals surface area contributed by atoms with Gasteiger partial charge in [0.1, 0.15) is 5.82 Å². The SMILES string of the molecule is Cc1cc(NCc2sccc2Br)n(CCO)n1. The number of rotatable bonds is 5. The van der Waals surface area contributed by atoms with E-state index in [0.717, 1.165) is 22.5 Å². The number of aryl methyl sites for hydroxylation is 1. The molecule has 2 aromatic rings. The van der Waals surface area contributed by atoms with Crippen LogP contribution in [-0.4, -0.2) is 21.5 Å². The zero-order chi connectivity index (χ0) is 12.3. The smallest absolute Gasteiger partial charge is 0.124 e. The van der Waals surface area contributed by atoms with Crippen LogP contribution >= 0.6 is 27.3 Å². The number of thiophene rings is 1. The highest BCUT2D eigenvalue weighted by Crippen LogP contribution is 2.23. The highest BCUT2D eigenvalue weighted by atomic mass is 79.9. The van der Waals surface area contributed by atoms with Crippen LogP contribution in [0, 0.1) is 6.92 Å². The molecule has 0 radical (unpaired) electrons. The summed E-state index contributed by atoms with van der Waals surface area (Å²) in [5.74, 6) is 0.942. The van der Waals surface area contributed by atoms with Gasteiger partial charge in [-0.05, 0) is 34.3 Å². The highest BCUT2D eigenvalue weighted by Gasteiger charge is 2.06. The van der Waals surface area contributed by atoms with Crippen LogP contribution in [0.4, 0.5) is 5.82 Å². The van der Waals surface area contributed by atoms with E-state index in [-0.39, 0.29) is 6.61 Å². The molecule has 92 valence electrons. The van der Waals surface area contributed by atoms with Crippen molar-refractivity contribution >= 4 is 33.1 Å². The monoisotopic (exact) mass is 315 g/mol. The van der Waals surface area contributed by atoms with Crippen molar-refractivity contribution in [2.45, 2.75) is 20.0 Å². The van der Waals surface area contributed by atoms with Crippen LogP contribution in [0.1, 0.15) is 10.6 Å². The van der Waals surface area contributed by atoms with Crippen LogP contribution in [0.15, 0.2) is 22.0 Å². The van der Waals surface area contributed by atoms with Gasteiger partial charge in [-0.15, -0.1) is 11.3 Å². The molecule has 2 aromatic heterocycles. The molecule has 0 aliphatic rings. The van der Waals surface area contributed by atoms with Crippen LogP contribution in [0.5, 0.6) is 0 Å². The molecule has 0 saturated heterocycles. The first-order chi connectivity index (χ1) is 8.20. The van der Waals surface area contributed by atoms with Gasteiger partial charge in [0.05, 0.1) is 25.4 Å². The van der Waals surface area contributed by atoms with Gasteiger partial charge in [0.15, 0.2) is 0 Å². The topological polar surface area (TPSA) is 50.1 Å². The van der Waals surface area contributed by atoms with Crippen molar-refractivity contribution in [3.63, 3.8) is 0 Å². The quantitative estimate of drug-likeness (QED) is 0.891. The summed E-state index contributed by atoms with van der Waals surface area (Å²) in [5, 5.41) is 18.6. The average Bonchev–Trinajstić information content (AvgIpc) is 2.83. The number of hydrogen-bond acceptors (Lipinski definition) is 4. The lowest BCUT2D eigenvalue weighted by Crippen LogP contribution is -2.09. The van der Waals surface area contributed by atoms with E-state index in [4.69, 9.17) is 5.11 Å². The molecule has 0 amide bonds. The van der Waals surface area contributed by atoms with Gasteiger partial charge < -0.3 is 10.4 Å². The third-order valence-electron chi connectivity index (χ3n) is 2.34. The molecule has 4 nitrogen and oxygen atoms in total. The lowest BCUT2D eigenvalue weighted by molar-refractivity contribution is 0.270. The fourth-order valence-electron chi connectivity index (χ4n) is 1.58. The Balaban J connectivity index is 2.05. The van der Waals surface area contributed by atoms with E-state index in [0.29, 0.717) is 6.54 Å². The van der Waals surface area contributed by atoms with Crippen molar-refractivity contribution in [3.8, 4) is 0 Å². The Labute approximate surface area is 112 Å². The van der Waals surface area contributed by atoms with Crippen molar-refractivity contribution in [2.75, 3.05) is 11.9 Å². The van der Waals surface area contributed by atoms with Gasteiger partial charge in [-0.3, -0.25) is 0 Å². The van der Waals surface area contributed by atoms with Crippen molar-refractivity contribution in [1.82, 2.24) is 9.78 Å². The third kappa shape index (κ3) is 3.08. The molecule has 0 saturated carbocycles. The predicted molar refractivity (Wildman–Crippen MR) is 73.4 cm³/mol. The Morgan fingerprint density at radius 2 is 2.41 bits per heavy atom. The minimum Gasteiger partial charge on any atom is -0.394 e. The van der Waals surface area contributed by atoms with Gasteiger partial charge in [0.25, 0.3) is 0 Å². The average molecular weight is 316 g/mol. The number of halogens is 1. The summed E-state index contributed by atoms with van der Waals surface area (Å²) < 4.78 is 2.91. The minimum atomic E-state index is 0.0957. The largest absolute Gasteiger partial charge is 0.394 e. The Bertz CT molecular complexity index is 495. The molecule has 0 aliphatic carbocycles. The third-order valence-corrected chi connectivity index (χ3v) is 4.26. The summed E-state index contributed by atoms with van der Waals surface area (Å²) in [6.07, 6.45) is 0. The van der Waals surface area contributed by atoms with E-state index in [1.165, 1.54) is 4.88 Å². The first-order valence-electron chi connectivity index (χ1n) is 5.31. The Morgan fingerprint density at radius 1 is 1.59 bits per heavy atom. The van der Waals surface area contributed by atoms with Crippen LogP contribution in [0.25, 0.3) is 0 Å². The molecule has 0 spiro atoms. The molecule has 0 fully saturated rings. The number of aliphatic hydroxyl groups excluding tert-OH is 1. The van der Waals surface area contributed by atoms with Gasteiger partial charge in [-0.25, -0.2) is 4.68 Å². The molecular formula is C11H14BrN3OS. The normalized spacial score (nSPS) is 10.8. The van der Waals surface area contributed by atoms with E-state index in [9.17, 15) is 0 Å². The Kier molecular flexibility index (Phi) is 4.20. The number of aliphatic hydroxyl groups is 1. The number of hydrogen-bond donors (Lipinski definition) is 2. The summed E-state index contributed by atoms with van der Waals surface area (Å²) in [5.41, 5.74) is 0.950. The van der Waals surface area contributed by atoms with Gasteiger partial charge in [0.2, 0.25) is 0 Å². The predicted octanol–water partition coefficient (Wildman–Crippen LogP) is 2.62. The zero-order valence-electron chi connectivity index (χ0n) is 9.48. The van der Waals surface area contributed by atoms with Crippen molar-refractivity contribution in [3.05, 3.63) is 32.6 Å². The van der Waals surface area contributed by atoms with Crippen LogP contribution < -0.4 is 5.32 Å². The molecule has 0 atom stereocenters. The molecular weight excluding hydrogens is 302 g/mol. The first kappa shape index (κ1) is 12.6. The lowest BCUT2D eigenvalue weighted by atomic mass is 10.4. The molecule has 2 N–H and O–H groups in total. The summed E-state index contributed by atoms with van der Waals surface area (Å²) in [6.45, 7) is 3.31. The van der Waals surface area contributed by atoms with Gasteiger partial charge in [0, 0.05) is 15.4 Å². The summed E-state index contributed by atoms with van der Waals surface area (Å²) >= 11 is 5.21. The maximum atomic E-state index is 8.96. The molecule has 17 heavy (non-hydrogen) atoms. The summed E-state index contributed by atoms with van der Waals surface area (Å²) in [7, 11) is 0. The van der Waals surface area contributed by atoms with Gasteiger partial charge in [-0.1, -0.05) is 0 Å². The van der Waals surface area contributed by atoms with Crippen LogP contribution in [-0.2, 0) is 13.1 Å². The van der Waals surface area contributed by atoms with Crippen molar-refractivity contribution < 1.29 is 5.11 Å². The number of anilines is 1. The molecule has 0 bridgehead atoms. The van der Waals surface area contributed by atoms with Crippen molar-refractivity contribution in [2.24, 2.45) is 0 Å². The second kappa shape index (κ2) is 5.66. The van der Waals surface area contributed by atoms with Crippen LogP contribution in [0.3, 0.4) is 0 Å². The number of nitrogens with one attached hydrogen (secondary N) is 1. The van der Waals surface area contributed by atoms with E-state index < -0.39 is 0 Å². The second-order valence-electron chi connectivity index (χ2n) is 3.66. The lowest BCUT2D eigenvalue weighted by Gasteiger charge is -2.07. The van der Waals surface area contributed by atoms with E-state index >= 15 is 0 Å². The van der Waals surface area contributed by atoms with E-state index in [1.807, 2.05) is 19.1 Å². The summed E-state index contributed by atoms with van der Waals surface area (Å²) in [6, 6.07) is 4.02. The van der Waals surface area contributed by atoms with Crippen molar-refractivity contribution in [1.29, 1.82) is 0 Å². The maximum Gasteiger partial charge on any atom is 0.124 e. The fraction of sp³-hybridized carbons (Fsp3) is 0.364.